The number of fused-ring (bicyclic) bond motifs is 1. The summed E-state index contributed by atoms with van der Waals surface area (Å²) in [5, 5.41) is 0.910. The number of ether oxygens (including phenoxy) is 1. The summed E-state index contributed by atoms with van der Waals surface area (Å²) in [6, 6.07) is 7.28. The summed E-state index contributed by atoms with van der Waals surface area (Å²) in [5.74, 6) is 0.617. The molecule has 2 aromatic rings. The average Bonchev–Trinajstić information content (AvgIpc) is 2.38. The standard InChI is InChI=1S/C14H16N2O3/c1-9(17)16(2)8-11-6-10-4-5-12(19-3)7-13(10)15-14(11)18/h4-7H,8H2,1-3H3,(H,15,18). The first kappa shape index (κ1) is 13.1. The molecule has 0 saturated heterocycles. The Kier molecular flexibility index (Phi) is 3.55. The molecule has 0 bridgehead atoms. The zero-order valence-corrected chi connectivity index (χ0v) is 11.2. The van der Waals surface area contributed by atoms with Gasteiger partial charge >= 0.3 is 0 Å². The van der Waals surface area contributed by atoms with E-state index in [4.69, 9.17) is 4.74 Å². The Bertz CT molecular complexity index is 676. The molecule has 1 heterocycles. The summed E-state index contributed by atoms with van der Waals surface area (Å²) < 4.78 is 5.11. The van der Waals surface area contributed by atoms with E-state index in [0.717, 1.165) is 10.9 Å². The molecule has 5 nitrogen and oxygen atoms in total. The molecule has 0 saturated carbocycles. The van der Waals surface area contributed by atoms with Crippen molar-refractivity contribution >= 4 is 16.8 Å². The van der Waals surface area contributed by atoms with Gasteiger partial charge in [-0.15, -0.1) is 0 Å². The molecule has 0 aliphatic rings. The van der Waals surface area contributed by atoms with Crippen LogP contribution in [-0.2, 0) is 11.3 Å². The van der Waals surface area contributed by atoms with Crippen LogP contribution in [0.4, 0.5) is 0 Å². The minimum absolute atomic E-state index is 0.0748. The lowest BCUT2D eigenvalue weighted by atomic mass is 10.1. The number of hydrogen-bond donors (Lipinski definition) is 1. The predicted molar refractivity (Wildman–Crippen MR) is 73.3 cm³/mol. The van der Waals surface area contributed by atoms with E-state index in [2.05, 4.69) is 4.98 Å². The van der Waals surface area contributed by atoms with Crippen LogP contribution in [0.2, 0.25) is 0 Å². The third-order valence-corrected chi connectivity index (χ3v) is 3.08. The van der Waals surface area contributed by atoms with Gasteiger partial charge in [0.2, 0.25) is 5.91 Å². The van der Waals surface area contributed by atoms with Crippen LogP contribution in [0.15, 0.2) is 29.1 Å². The van der Waals surface area contributed by atoms with Gasteiger partial charge in [0.1, 0.15) is 5.75 Å². The fraction of sp³-hybridized carbons (Fsp3) is 0.286. The largest absolute Gasteiger partial charge is 0.497 e. The summed E-state index contributed by atoms with van der Waals surface area (Å²) in [6.07, 6.45) is 0. The number of amides is 1. The molecule has 5 heteroatoms. The van der Waals surface area contributed by atoms with Crippen LogP contribution in [0.3, 0.4) is 0 Å². The molecule has 1 amide bonds. The molecule has 1 aromatic heterocycles. The van der Waals surface area contributed by atoms with E-state index in [1.54, 1.807) is 26.3 Å². The van der Waals surface area contributed by atoms with Crippen molar-refractivity contribution in [3.63, 3.8) is 0 Å². The van der Waals surface area contributed by atoms with Crippen LogP contribution in [0.25, 0.3) is 10.9 Å². The summed E-state index contributed by atoms with van der Waals surface area (Å²) in [7, 11) is 3.25. The van der Waals surface area contributed by atoms with Gasteiger partial charge in [0.15, 0.2) is 0 Å². The Morgan fingerprint density at radius 1 is 1.37 bits per heavy atom. The Hall–Kier alpha value is -2.30. The van der Waals surface area contributed by atoms with Gasteiger partial charge in [-0.3, -0.25) is 9.59 Å². The van der Waals surface area contributed by atoms with Crippen molar-refractivity contribution in [2.75, 3.05) is 14.2 Å². The lowest BCUT2D eigenvalue weighted by molar-refractivity contribution is -0.128. The van der Waals surface area contributed by atoms with E-state index < -0.39 is 0 Å². The topological polar surface area (TPSA) is 62.4 Å². The van der Waals surface area contributed by atoms with Crippen LogP contribution in [-0.4, -0.2) is 29.9 Å². The first-order valence-electron chi connectivity index (χ1n) is 5.93. The minimum atomic E-state index is -0.186. The molecule has 0 atom stereocenters. The number of H-pyrrole nitrogens is 1. The van der Waals surface area contributed by atoms with Crippen LogP contribution in [0.5, 0.6) is 5.75 Å². The third kappa shape index (κ3) is 2.76. The van der Waals surface area contributed by atoms with Crippen LogP contribution in [0.1, 0.15) is 12.5 Å². The molecular formula is C14H16N2O3. The number of hydrogen-bond acceptors (Lipinski definition) is 3. The number of nitrogens with one attached hydrogen (secondary N) is 1. The van der Waals surface area contributed by atoms with Gasteiger partial charge in [-0.05, 0) is 23.6 Å². The lowest BCUT2D eigenvalue weighted by Crippen LogP contribution is -2.27. The first-order chi connectivity index (χ1) is 9.01. The zero-order chi connectivity index (χ0) is 14.0. The smallest absolute Gasteiger partial charge is 0.253 e. The molecule has 1 N–H and O–H groups in total. The first-order valence-corrected chi connectivity index (χ1v) is 5.93. The fourth-order valence-electron chi connectivity index (χ4n) is 1.84. The van der Waals surface area contributed by atoms with Gasteiger partial charge in [0.25, 0.3) is 5.56 Å². The van der Waals surface area contributed by atoms with Crippen molar-refractivity contribution < 1.29 is 9.53 Å². The third-order valence-electron chi connectivity index (χ3n) is 3.08. The van der Waals surface area contributed by atoms with Gasteiger partial charge < -0.3 is 14.6 Å². The maximum atomic E-state index is 12.0. The monoisotopic (exact) mass is 260 g/mol. The molecule has 19 heavy (non-hydrogen) atoms. The van der Waals surface area contributed by atoms with Gasteiger partial charge in [0.05, 0.1) is 19.2 Å². The fourth-order valence-corrected chi connectivity index (χ4v) is 1.84. The highest BCUT2D eigenvalue weighted by atomic mass is 16.5. The Balaban J connectivity index is 2.45. The Morgan fingerprint density at radius 2 is 2.11 bits per heavy atom. The van der Waals surface area contributed by atoms with Crippen molar-refractivity contribution in [3.05, 3.63) is 40.2 Å². The van der Waals surface area contributed by atoms with Gasteiger partial charge in [-0.2, -0.15) is 0 Å². The molecule has 100 valence electrons. The zero-order valence-electron chi connectivity index (χ0n) is 11.2. The molecule has 0 fully saturated rings. The van der Waals surface area contributed by atoms with Crippen molar-refractivity contribution in [2.45, 2.75) is 13.5 Å². The maximum absolute atomic E-state index is 12.0. The van der Waals surface area contributed by atoms with Crippen molar-refractivity contribution in [1.82, 2.24) is 9.88 Å². The predicted octanol–water partition coefficient (Wildman–Crippen LogP) is 1.51. The lowest BCUT2D eigenvalue weighted by Gasteiger charge is -2.14. The average molecular weight is 260 g/mol. The van der Waals surface area contributed by atoms with Crippen molar-refractivity contribution in [3.8, 4) is 5.75 Å². The van der Waals surface area contributed by atoms with Gasteiger partial charge in [-0.25, -0.2) is 0 Å². The summed E-state index contributed by atoms with van der Waals surface area (Å²) >= 11 is 0. The summed E-state index contributed by atoms with van der Waals surface area (Å²) in [6.45, 7) is 1.77. The Morgan fingerprint density at radius 3 is 2.74 bits per heavy atom. The second-order valence-electron chi connectivity index (χ2n) is 4.45. The van der Waals surface area contributed by atoms with Crippen molar-refractivity contribution in [2.24, 2.45) is 0 Å². The molecule has 0 spiro atoms. The van der Waals surface area contributed by atoms with Gasteiger partial charge in [-0.1, -0.05) is 0 Å². The normalized spacial score (nSPS) is 10.5. The van der Waals surface area contributed by atoms with Crippen LogP contribution in [0, 0.1) is 0 Å². The van der Waals surface area contributed by atoms with Crippen LogP contribution >= 0.6 is 0 Å². The van der Waals surface area contributed by atoms with E-state index in [-0.39, 0.29) is 11.5 Å². The highest BCUT2D eigenvalue weighted by Gasteiger charge is 2.08. The maximum Gasteiger partial charge on any atom is 0.253 e. The van der Waals surface area contributed by atoms with E-state index in [0.29, 0.717) is 17.9 Å². The number of pyridine rings is 1. The number of carbonyl (C=O) groups is 1. The number of methoxy groups -OCH3 is 1. The number of aromatic nitrogens is 1. The van der Waals surface area contributed by atoms with Crippen molar-refractivity contribution in [1.29, 1.82) is 0 Å². The highest BCUT2D eigenvalue weighted by molar-refractivity contribution is 5.80. The number of carbonyl (C=O) groups excluding carboxylic acids is 1. The van der Waals surface area contributed by atoms with Crippen LogP contribution < -0.4 is 10.3 Å². The second kappa shape index (κ2) is 5.14. The molecule has 0 unspecified atom stereocenters. The number of nitrogens with zero attached hydrogens (tertiary/aromatic N) is 1. The number of rotatable bonds is 3. The molecule has 0 aliphatic carbocycles. The minimum Gasteiger partial charge on any atom is -0.497 e. The van der Waals surface area contributed by atoms with E-state index in [9.17, 15) is 9.59 Å². The molecule has 1 aromatic carbocycles. The van der Waals surface area contributed by atoms with Gasteiger partial charge in [0, 0.05) is 25.6 Å². The van der Waals surface area contributed by atoms with E-state index in [1.807, 2.05) is 12.1 Å². The Labute approximate surface area is 110 Å². The van der Waals surface area contributed by atoms with E-state index >= 15 is 0 Å². The second-order valence-corrected chi connectivity index (χ2v) is 4.45. The summed E-state index contributed by atoms with van der Waals surface area (Å²) in [4.78, 5) is 27.5. The number of aromatic amines is 1. The number of benzene rings is 1. The molecular weight excluding hydrogens is 244 g/mol. The SMILES string of the molecule is COc1ccc2cc(CN(C)C(C)=O)c(=O)[nH]c2c1. The molecule has 0 aliphatic heterocycles. The highest BCUT2D eigenvalue weighted by Crippen LogP contribution is 2.18. The molecule has 2 rings (SSSR count). The summed E-state index contributed by atoms with van der Waals surface area (Å²) in [5.41, 5.74) is 1.10. The quantitative estimate of drug-likeness (QED) is 0.910. The van der Waals surface area contributed by atoms with E-state index in [1.165, 1.54) is 11.8 Å². The molecule has 0 radical (unpaired) electrons.